The molecule has 0 fully saturated rings. The van der Waals surface area contributed by atoms with Gasteiger partial charge in [-0.25, -0.2) is 0 Å². The van der Waals surface area contributed by atoms with Gasteiger partial charge in [0.05, 0.1) is 18.8 Å². The molecule has 0 unspecified atom stereocenters. The van der Waals surface area contributed by atoms with E-state index in [0.29, 0.717) is 6.42 Å². The van der Waals surface area contributed by atoms with E-state index in [4.69, 9.17) is 0 Å². The predicted octanol–water partition coefficient (Wildman–Crippen LogP) is 10.1. The van der Waals surface area contributed by atoms with Crippen LogP contribution in [0.25, 0.3) is 0 Å². The second-order valence-corrected chi connectivity index (χ2v) is 11.9. The zero-order chi connectivity index (χ0) is 29.4. The highest BCUT2D eigenvalue weighted by molar-refractivity contribution is 5.76. The fraction of sp³-hybridized carbons (Fsp3) is 0.861. The van der Waals surface area contributed by atoms with Crippen molar-refractivity contribution in [1.29, 1.82) is 0 Å². The summed E-state index contributed by atoms with van der Waals surface area (Å²) in [4.78, 5) is 12.3. The first-order chi connectivity index (χ1) is 19.7. The van der Waals surface area contributed by atoms with Crippen LogP contribution >= 0.6 is 0 Å². The van der Waals surface area contributed by atoms with Crippen LogP contribution in [-0.4, -0.2) is 34.9 Å². The average molecular weight is 564 g/mol. The number of aliphatic hydroxyl groups excluding tert-OH is 2. The fourth-order valence-corrected chi connectivity index (χ4v) is 5.17. The van der Waals surface area contributed by atoms with Gasteiger partial charge in [0.2, 0.25) is 5.91 Å². The average Bonchev–Trinajstić information content (AvgIpc) is 2.96. The molecule has 2 atom stereocenters. The van der Waals surface area contributed by atoms with Crippen LogP contribution < -0.4 is 5.32 Å². The van der Waals surface area contributed by atoms with Crippen LogP contribution in [0.4, 0.5) is 0 Å². The number of nitrogens with one attached hydrogen (secondary N) is 1. The summed E-state index contributed by atoms with van der Waals surface area (Å²) >= 11 is 0. The molecule has 0 aromatic carbocycles. The topological polar surface area (TPSA) is 69.6 Å². The van der Waals surface area contributed by atoms with E-state index < -0.39 is 12.1 Å². The number of amides is 1. The Balaban J connectivity index is 3.64. The number of aliphatic hydroxyl groups is 2. The molecule has 4 heteroatoms. The first kappa shape index (κ1) is 38.9. The van der Waals surface area contributed by atoms with E-state index in [2.05, 4.69) is 31.3 Å². The van der Waals surface area contributed by atoms with Crippen molar-refractivity contribution in [3.63, 3.8) is 0 Å². The van der Waals surface area contributed by atoms with Crippen molar-refractivity contribution in [1.82, 2.24) is 5.32 Å². The van der Waals surface area contributed by atoms with Gasteiger partial charge in [0, 0.05) is 6.42 Å². The highest BCUT2D eigenvalue weighted by atomic mass is 16.3. The molecule has 0 rings (SSSR count). The van der Waals surface area contributed by atoms with Crippen molar-refractivity contribution in [3.8, 4) is 0 Å². The normalized spacial score (nSPS) is 13.4. The first-order valence-electron chi connectivity index (χ1n) is 17.6. The molecule has 1 amide bonds. The molecule has 0 heterocycles. The number of rotatable bonds is 31. The summed E-state index contributed by atoms with van der Waals surface area (Å²) in [6.45, 7) is 4.27. The van der Waals surface area contributed by atoms with Crippen molar-refractivity contribution in [3.05, 3.63) is 24.3 Å². The molecule has 0 aliphatic heterocycles. The lowest BCUT2D eigenvalue weighted by molar-refractivity contribution is -0.123. The van der Waals surface area contributed by atoms with Crippen LogP contribution in [0.1, 0.15) is 181 Å². The van der Waals surface area contributed by atoms with E-state index in [9.17, 15) is 15.0 Å². The molecule has 0 saturated heterocycles. The third-order valence-electron chi connectivity index (χ3n) is 7.93. The number of hydrogen-bond acceptors (Lipinski definition) is 3. The number of hydrogen-bond donors (Lipinski definition) is 3. The van der Waals surface area contributed by atoms with Gasteiger partial charge in [-0.05, 0) is 44.9 Å². The van der Waals surface area contributed by atoms with E-state index in [0.717, 1.165) is 25.7 Å². The maximum absolute atomic E-state index is 12.3. The Morgan fingerprint density at radius 3 is 1.40 bits per heavy atom. The Labute approximate surface area is 249 Å². The minimum Gasteiger partial charge on any atom is -0.394 e. The molecule has 0 spiro atoms. The minimum absolute atomic E-state index is 0.0710. The van der Waals surface area contributed by atoms with Crippen LogP contribution in [0.5, 0.6) is 0 Å². The number of carbonyl (C=O) groups excluding carboxylic acids is 1. The smallest absolute Gasteiger partial charge is 0.220 e. The van der Waals surface area contributed by atoms with Gasteiger partial charge in [-0.2, -0.15) is 0 Å². The number of allylic oxidation sites excluding steroid dienone is 3. The van der Waals surface area contributed by atoms with E-state index >= 15 is 0 Å². The molecule has 3 N–H and O–H groups in total. The largest absolute Gasteiger partial charge is 0.394 e. The highest BCUT2D eigenvalue weighted by Crippen LogP contribution is 2.13. The lowest BCUT2D eigenvalue weighted by Crippen LogP contribution is -2.45. The van der Waals surface area contributed by atoms with Crippen molar-refractivity contribution in [2.75, 3.05) is 6.61 Å². The summed E-state index contributed by atoms with van der Waals surface area (Å²) in [7, 11) is 0. The van der Waals surface area contributed by atoms with Gasteiger partial charge in [-0.3, -0.25) is 4.79 Å². The molecule has 0 aliphatic carbocycles. The second-order valence-electron chi connectivity index (χ2n) is 11.9. The molecule has 0 aromatic heterocycles. The molecule has 0 aromatic rings. The van der Waals surface area contributed by atoms with Crippen LogP contribution in [0.15, 0.2) is 24.3 Å². The Morgan fingerprint density at radius 2 is 0.950 bits per heavy atom. The van der Waals surface area contributed by atoms with Gasteiger partial charge in [0.1, 0.15) is 0 Å². The van der Waals surface area contributed by atoms with E-state index in [1.807, 2.05) is 6.08 Å². The summed E-state index contributed by atoms with van der Waals surface area (Å²) in [5, 5.41) is 22.8. The Morgan fingerprint density at radius 1 is 0.575 bits per heavy atom. The third-order valence-corrected chi connectivity index (χ3v) is 7.93. The SMILES string of the molecule is CCCCCC/C=C\CCCCCCCCCC(=O)N[C@@H](CO)[C@H](O)/C=C/CCCCCCCCCCCCC. The van der Waals surface area contributed by atoms with Gasteiger partial charge in [-0.1, -0.05) is 154 Å². The molecule has 0 bridgehead atoms. The van der Waals surface area contributed by atoms with Crippen LogP contribution in [0.3, 0.4) is 0 Å². The van der Waals surface area contributed by atoms with Crippen molar-refractivity contribution >= 4 is 5.91 Å². The molecule has 40 heavy (non-hydrogen) atoms. The Bertz CT molecular complexity index is 574. The van der Waals surface area contributed by atoms with Crippen LogP contribution in [0.2, 0.25) is 0 Å². The Hall–Kier alpha value is -1.13. The quantitative estimate of drug-likeness (QED) is 0.0580. The minimum atomic E-state index is -0.836. The van der Waals surface area contributed by atoms with Gasteiger partial charge in [0.25, 0.3) is 0 Å². The lowest BCUT2D eigenvalue weighted by Gasteiger charge is -2.20. The molecular weight excluding hydrogens is 494 g/mol. The Kier molecular flexibility index (Phi) is 31.5. The van der Waals surface area contributed by atoms with Crippen molar-refractivity contribution < 1.29 is 15.0 Å². The van der Waals surface area contributed by atoms with Crippen molar-refractivity contribution in [2.24, 2.45) is 0 Å². The lowest BCUT2D eigenvalue weighted by atomic mass is 10.0. The molecule has 4 nitrogen and oxygen atoms in total. The fourth-order valence-electron chi connectivity index (χ4n) is 5.17. The summed E-state index contributed by atoms with van der Waals surface area (Å²) < 4.78 is 0. The predicted molar refractivity (Wildman–Crippen MR) is 175 cm³/mol. The van der Waals surface area contributed by atoms with E-state index in [-0.39, 0.29) is 12.5 Å². The summed E-state index contributed by atoms with van der Waals surface area (Å²) in [6.07, 6.45) is 39.6. The molecular formula is C36H69NO3. The molecule has 0 radical (unpaired) electrons. The molecule has 0 saturated carbocycles. The summed E-state index contributed by atoms with van der Waals surface area (Å²) in [5.74, 6) is -0.0710. The van der Waals surface area contributed by atoms with Gasteiger partial charge < -0.3 is 15.5 Å². The van der Waals surface area contributed by atoms with Gasteiger partial charge in [-0.15, -0.1) is 0 Å². The zero-order valence-electron chi connectivity index (χ0n) is 26.9. The summed E-state index contributed by atoms with van der Waals surface area (Å²) in [5.41, 5.74) is 0. The monoisotopic (exact) mass is 564 g/mol. The first-order valence-corrected chi connectivity index (χ1v) is 17.6. The number of carbonyl (C=O) groups is 1. The van der Waals surface area contributed by atoms with E-state index in [1.165, 1.54) is 135 Å². The molecule has 236 valence electrons. The third kappa shape index (κ3) is 28.4. The zero-order valence-corrected chi connectivity index (χ0v) is 26.9. The second kappa shape index (κ2) is 32.4. The van der Waals surface area contributed by atoms with Gasteiger partial charge in [0.15, 0.2) is 0 Å². The van der Waals surface area contributed by atoms with Gasteiger partial charge >= 0.3 is 0 Å². The van der Waals surface area contributed by atoms with Crippen molar-refractivity contribution in [2.45, 2.75) is 193 Å². The maximum atomic E-state index is 12.3. The highest BCUT2D eigenvalue weighted by Gasteiger charge is 2.17. The van der Waals surface area contributed by atoms with Crippen LogP contribution in [-0.2, 0) is 4.79 Å². The maximum Gasteiger partial charge on any atom is 0.220 e. The standard InChI is InChI=1S/C36H69NO3/c1-3-5-7-9-11-13-15-17-18-20-22-24-26-28-30-32-36(40)37-34(33-38)35(39)31-29-27-25-23-21-19-16-14-12-10-8-6-4-2/h13,15,29,31,34-35,38-39H,3-12,14,16-28,30,32-33H2,1-2H3,(H,37,40)/b15-13-,31-29+/t34-,35+/m0/s1. The van der Waals surface area contributed by atoms with E-state index in [1.54, 1.807) is 6.08 Å². The summed E-state index contributed by atoms with van der Waals surface area (Å²) in [6, 6.07) is -0.619. The van der Waals surface area contributed by atoms with Crippen LogP contribution in [0, 0.1) is 0 Å². The number of unbranched alkanes of at least 4 members (excludes halogenated alkanes) is 22. The molecule has 0 aliphatic rings.